The Morgan fingerprint density at radius 2 is 2.11 bits per heavy atom. The number of thioether (sulfide) groups is 1. The molecule has 0 saturated carbocycles. The highest BCUT2D eigenvalue weighted by Crippen LogP contribution is 2.23. The summed E-state index contributed by atoms with van der Waals surface area (Å²) in [5.74, 6) is 0.656. The van der Waals surface area contributed by atoms with Crippen molar-refractivity contribution in [3.05, 3.63) is 28.0 Å². The van der Waals surface area contributed by atoms with Gasteiger partial charge < -0.3 is 4.74 Å². The summed E-state index contributed by atoms with van der Waals surface area (Å²) in [7, 11) is 0. The molecule has 0 radical (unpaired) electrons. The van der Waals surface area contributed by atoms with E-state index in [0.717, 1.165) is 5.56 Å². The third-order valence-corrected chi connectivity index (χ3v) is 3.31. The monoisotopic (exact) mass is 307 g/mol. The van der Waals surface area contributed by atoms with Gasteiger partial charge in [0.2, 0.25) is 0 Å². The minimum atomic E-state index is -0.447. The van der Waals surface area contributed by atoms with Crippen LogP contribution >= 0.6 is 35.0 Å². The van der Waals surface area contributed by atoms with Crippen molar-refractivity contribution in [3.63, 3.8) is 0 Å². The maximum absolute atomic E-state index is 11.5. The Morgan fingerprint density at radius 3 is 2.67 bits per heavy atom. The topological polar surface area (TPSA) is 39.2 Å². The summed E-state index contributed by atoms with van der Waals surface area (Å²) in [6.45, 7) is 5.53. The van der Waals surface area contributed by atoms with Crippen molar-refractivity contribution in [2.45, 2.75) is 32.1 Å². The van der Waals surface area contributed by atoms with Crippen LogP contribution in [-0.4, -0.2) is 22.3 Å². The van der Waals surface area contributed by atoms with Gasteiger partial charge in [-0.25, -0.2) is 4.98 Å². The molecule has 0 aliphatic carbocycles. The number of carbonyl (C=O) groups is 1. The maximum atomic E-state index is 11.5. The van der Waals surface area contributed by atoms with E-state index in [1.165, 1.54) is 11.8 Å². The summed E-state index contributed by atoms with van der Waals surface area (Å²) < 4.78 is 5.20. The summed E-state index contributed by atoms with van der Waals surface area (Å²) in [6.07, 6.45) is 1.62. The molecule has 1 heterocycles. The normalized spacial score (nSPS) is 11.4. The van der Waals surface area contributed by atoms with Gasteiger partial charge in [-0.05, 0) is 32.4 Å². The van der Waals surface area contributed by atoms with E-state index in [9.17, 15) is 4.79 Å². The minimum absolute atomic E-state index is 0.231. The van der Waals surface area contributed by atoms with Gasteiger partial charge in [0.15, 0.2) is 0 Å². The van der Waals surface area contributed by atoms with E-state index in [1.54, 1.807) is 12.3 Å². The first kappa shape index (κ1) is 15.6. The molecule has 100 valence electrons. The van der Waals surface area contributed by atoms with Crippen LogP contribution < -0.4 is 0 Å². The summed E-state index contributed by atoms with van der Waals surface area (Å²) in [5, 5.41) is 0.924. The zero-order valence-corrected chi connectivity index (χ0v) is 12.8. The average molecular weight is 308 g/mol. The van der Waals surface area contributed by atoms with Gasteiger partial charge in [-0.3, -0.25) is 4.79 Å². The summed E-state index contributed by atoms with van der Waals surface area (Å²) in [5.41, 5.74) is 0.409. The van der Waals surface area contributed by atoms with Gasteiger partial charge in [-0.15, -0.1) is 11.8 Å². The number of esters is 1. The Bertz CT molecular complexity index is 433. The van der Waals surface area contributed by atoms with E-state index in [1.807, 2.05) is 20.8 Å². The average Bonchev–Trinajstić information content (AvgIpc) is 2.18. The van der Waals surface area contributed by atoms with Crippen LogP contribution in [0.5, 0.6) is 0 Å². The van der Waals surface area contributed by atoms with Gasteiger partial charge in [0.05, 0.1) is 5.75 Å². The van der Waals surface area contributed by atoms with Crippen molar-refractivity contribution in [2.75, 3.05) is 5.75 Å². The highest BCUT2D eigenvalue weighted by molar-refractivity contribution is 7.99. The number of pyridine rings is 1. The number of hydrogen-bond donors (Lipinski definition) is 0. The van der Waals surface area contributed by atoms with Crippen molar-refractivity contribution in [1.82, 2.24) is 4.98 Å². The van der Waals surface area contributed by atoms with Gasteiger partial charge in [0.1, 0.15) is 10.8 Å². The SMILES string of the molecule is CC(C)(C)OC(=O)CSCc1cnc(Cl)cc1Cl. The summed E-state index contributed by atoms with van der Waals surface area (Å²) in [4.78, 5) is 15.4. The van der Waals surface area contributed by atoms with E-state index in [0.29, 0.717) is 15.9 Å². The Hall–Kier alpha value is -0.450. The number of aromatic nitrogens is 1. The highest BCUT2D eigenvalue weighted by Gasteiger charge is 2.16. The molecule has 3 nitrogen and oxygen atoms in total. The quantitative estimate of drug-likeness (QED) is 0.623. The van der Waals surface area contributed by atoms with E-state index in [-0.39, 0.29) is 11.7 Å². The molecular formula is C12H15Cl2NO2S. The molecule has 0 spiro atoms. The zero-order chi connectivity index (χ0) is 13.8. The van der Waals surface area contributed by atoms with E-state index in [2.05, 4.69) is 4.98 Å². The number of hydrogen-bond acceptors (Lipinski definition) is 4. The molecule has 0 N–H and O–H groups in total. The van der Waals surface area contributed by atoms with Crippen LogP contribution in [0.1, 0.15) is 26.3 Å². The fourth-order valence-corrected chi connectivity index (χ4v) is 2.45. The molecule has 1 aromatic rings. The molecule has 6 heteroatoms. The predicted octanol–water partition coefficient (Wildman–Crippen LogP) is 3.96. The van der Waals surface area contributed by atoms with Gasteiger partial charge in [-0.2, -0.15) is 0 Å². The molecule has 0 unspecified atom stereocenters. The lowest BCUT2D eigenvalue weighted by Crippen LogP contribution is -2.24. The van der Waals surface area contributed by atoms with Crippen LogP contribution in [0.25, 0.3) is 0 Å². The van der Waals surface area contributed by atoms with Gasteiger partial charge in [-0.1, -0.05) is 23.2 Å². The molecule has 0 fully saturated rings. The molecular weight excluding hydrogens is 293 g/mol. The molecule has 18 heavy (non-hydrogen) atoms. The number of ether oxygens (including phenoxy) is 1. The first-order chi connectivity index (χ1) is 8.28. The van der Waals surface area contributed by atoms with Crippen molar-refractivity contribution >= 4 is 40.9 Å². The number of carbonyl (C=O) groups excluding carboxylic acids is 1. The Morgan fingerprint density at radius 1 is 1.44 bits per heavy atom. The van der Waals surface area contributed by atoms with Gasteiger partial charge in [0, 0.05) is 17.0 Å². The third-order valence-electron chi connectivity index (χ3n) is 1.79. The molecule has 0 aliphatic rings. The molecule has 0 aliphatic heterocycles. The fourth-order valence-electron chi connectivity index (χ4n) is 1.16. The lowest BCUT2D eigenvalue weighted by atomic mass is 10.2. The predicted molar refractivity (Wildman–Crippen MR) is 76.3 cm³/mol. The Labute approximate surface area is 121 Å². The Balaban J connectivity index is 2.40. The number of rotatable bonds is 4. The Kier molecular flexibility index (Phi) is 5.76. The first-order valence-corrected chi connectivity index (χ1v) is 7.28. The molecule has 0 aromatic carbocycles. The van der Waals surface area contributed by atoms with E-state index < -0.39 is 5.60 Å². The minimum Gasteiger partial charge on any atom is -0.459 e. The van der Waals surface area contributed by atoms with Crippen molar-refractivity contribution < 1.29 is 9.53 Å². The summed E-state index contributed by atoms with van der Waals surface area (Å²) in [6, 6.07) is 1.59. The largest absolute Gasteiger partial charge is 0.459 e. The summed E-state index contributed by atoms with van der Waals surface area (Å²) >= 11 is 13.1. The van der Waals surface area contributed by atoms with Crippen molar-refractivity contribution in [2.24, 2.45) is 0 Å². The standard InChI is InChI=1S/C12H15Cl2NO2S/c1-12(2,3)17-11(16)7-18-6-8-5-15-10(14)4-9(8)13/h4-5H,6-7H2,1-3H3. The smallest absolute Gasteiger partial charge is 0.316 e. The van der Waals surface area contributed by atoms with Crippen LogP contribution in [0, 0.1) is 0 Å². The lowest BCUT2D eigenvalue weighted by molar-refractivity contribution is -0.151. The van der Waals surface area contributed by atoms with Gasteiger partial charge in [0.25, 0.3) is 0 Å². The highest BCUT2D eigenvalue weighted by atomic mass is 35.5. The van der Waals surface area contributed by atoms with Crippen LogP contribution in [0.4, 0.5) is 0 Å². The van der Waals surface area contributed by atoms with Gasteiger partial charge >= 0.3 is 5.97 Å². The molecule has 1 rings (SSSR count). The first-order valence-electron chi connectivity index (χ1n) is 5.37. The molecule has 0 bridgehead atoms. The number of nitrogens with zero attached hydrogens (tertiary/aromatic N) is 1. The molecule has 0 atom stereocenters. The van der Waals surface area contributed by atoms with Crippen LogP contribution in [0.15, 0.2) is 12.3 Å². The van der Waals surface area contributed by atoms with E-state index >= 15 is 0 Å². The maximum Gasteiger partial charge on any atom is 0.316 e. The second-order valence-electron chi connectivity index (χ2n) is 4.68. The number of halogens is 2. The zero-order valence-electron chi connectivity index (χ0n) is 10.5. The lowest BCUT2D eigenvalue weighted by Gasteiger charge is -2.19. The van der Waals surface area contributed by atoms with Crippen LogP contribution in [0.3, 0.4) is 0 Å². The second-order valence-corrected chi connectivity index (χ2v) is 6.46. The third kappa shape index (κ3) is 5.94. The molecule has 1 aromatic heterocycles. The van der Waals surface area contributed by atoms with Crippen LogP contribution in [0.2, 0.25) is 10.2 Å². The van der Waals surface area contributed by atoms with Crippen molar-refractivity contribution in [3.8, 4) is 0 Å². The van der Waals surface area contributed by atoms with Crippen LogP contribution in [-0.2, 0) is 15.3 Å². The second kappa shape index (κ2) is 6.64. The molecule has 0 saturated heterocycles. The molecule has 0 amide bonds. The fraction of sp³-hybridized carbons (Fsp3) is 0.500. The van der Waals surface area contributed by atoms with Crippen molar-refractivity contribution in [1.29, 1.82) is 0 Å². The van der Waals surface area contributed by atoms with E-state index in [4.69, 9.17) is 27.9 Å².